The number of carbonyl (C=O) groups is 2. The van der Waals surface area contributed by atoms with E-state index in [0.717, 1.165) is 11.1 Å². The van der Waals surface area contributed by atoms with E-state index in [0.29, 0.717) is 31.7 Å². The number of amides is 1. The number of hydrogen-bond acceptors (Lipinski definition) is 4. The first-order valence-electron chi connectivity index (χ1n) is 7.82. The number of ketones is 1. The highest BCUT2D eigenvalue weighted by Gasteiger charge is 2.21. The van der Waals surface area contributed by atoms with Gasteiger partial charge in [0.15, 0.2) is 5.78 Å². The third kappa shape index (κ3) is 3.27. The highest BCUT2D eigenvalue weighted by molar-refractivity contribution is 5.97. The van der Waals surface area contributed by atoms with Crippen LogP contribution in [-0.2, 0) is 9.59 Å². The Hall–Kier alpha value is -2.76. The zero-order valence-corrected chi connectivity index (χ0v) is 13.4. The Balaban J connectivity index is 1.75. The molecule has 1 saturated heterocycles. The number of hydrogen-bond donors (Lipinski definition) is 0. The Morgan fingerprint density at radius 1 is 1.12 bits per heavy atom. The number of allylic oxidation sites excluding steroid dienone is 1. The number of carbonyl (C=O) groups excluding carboxylic acids is 2. The molecule has 6 heteroatoms. The van der Waals surface area contributed by atoms with E-state index in [-0.39, 0.29) is 17.5 Å². The van der Waals surface area contributed by atoms with Gasteiger partial charge in [-0.3, -0.25) is 14.6 Å². The summed E-state index contributed by atoms with van der Waals surface area (Å²) in [7, 11) is 0. The third-order valence-electron chi connectivity index (χ3n) is 4.09. The second-order valence-electron chi connectivity index (χ2n) is 5.72. The lowest BCUT2D eigenvalue weighted by Crippen LogP contribution is -2.48. The molecule has 1 aromatic heterocycles. The summed E-state index contributed by atoms with van der Waals surface area (Å²) in [4.78, 5) is 30.9. The van der Waals surface area contributed by atoms with Crippen LogP contribution >= 0.6 is 0 Å². The largest absolute Gasteiger partial charge is 0.367 e. The molecule has 2 heterocycles. The van der Waals surface area contributed by atoms with Crippen LogP contribution in [0.1, 0.15) is 6.92 Å². The molecule has 5 nitrogen and oxygen atoms in total. The van der Waals surface area contributed by atoms with E-state index in [9.17, 15) is 14.0 Å². The fourth-order valence-corrected chi connectivity index (χ4v) is 2.86. The number of anilines is 1. The molecule has 1 amide bonds. The quantitative estimate of drug-likeness (QED) is 0.811. The normalized spacial score (nSPS) is 15.2. The van der Waals surface area contributed by atoms with Gasteiger partial charge in [-0.2, -0.15) is 0 Å². The highest BCUT2D eigenvalue weighted by Crippen LogP contribution is 2.27. The number of piperazine rings is 1. The Labute approximate surface area is 139 Å². The van der Waals surface area contributed by atoms with Crippen molar-refractivity contribution in [2.24, 2.45) is 0 Å². The summed E-state index contributed by atoms with van der Waals surface area (Å²) in [5.74, 6) is -0.639. The topological polar surface area (TPSA) is 53.5 Å². The van der Waals surface area contributed by atoms with Crippen LogP contribution in [0.2, 0.25) is 0 Å². The SMILES string of the molecule is CC(=O)C=CC(=O)N1CCN(c2ccnc3c(F)cccc23)CC1. The summed E-state index contributed by atoms with van der Waals surface area (Å²) < 4.78 is 13.9. The smallest absolute Gasteiger partial charge is 0.246 e. The summed E-state index contributed by atoms with van der Waals surface area (Å²) in [6.07, 6.45) is 4.21. The minimum atomic E-state index is -0.336. The van der Waals surface area contributed by atoms with Gasteiger partial charge in [-0.15, -0.1) is 0 Å². The molecule has 124 valence electrons. The molecule has 2 aromatic rings. The minimum absolute atomic E-state index is 0.146. The van der Waals surface area contributed by atoms with Gasteiger partial charge in [0, 0.05) is 49.5 Å². The average Bonchev–Trinajstić information content (AvgIpc) is 2.60. The fourth-order valence-electron chi connectivity index (χ4n) is 2.86. The lowest BCUT2D eigenvalue weighted by atomic mass is 10.1. The monoisotopic (exact) mass is 327 g/mol. The molecule has 0 N–H and O–H groups in total. The van der Waals surface area contributed by atoms with E-state index in [1.807, 2.05) is 12.1 Å². The Bertz CT molecular complexity index is 811. The van der Waals surface area contributed by atoms with Crippen LogP contribution in [0.15, 0.2) is 42.6 Å². The predicted molar refractivity (Wildman–Crippen MR) is 90.3 cm³/mol. The van der Waals surface area contributed by atoms with Gasteiger partial charge >= 0.3 is 0 Å². The number of para-hydroxylation sites is 1. The molecule has 0 bridgehead atoms. The summed E-state index contributed by atoms with van der Waals surface area (Å²) in [5.41, 5.74) is 1.28. The van der Waals surface area contributed by atoms with Crippen molar-refractivity contribution in [2.45, 2.75) is 6.92 Å². The zero-order chi connectivity index (χ0) is 17.1. The van der Waals surface area contributed by atoms with Gasteiger partial charge in [-0.05, 0) is 25.1 Å². The van der Waals surface area contributed by atoms with E-state index in [1.165, 1.54) is 25.1 Å². The maximum absolute atomic E-state index is 13.9. The molecule has 1 fully saturated rings. The van der Waals surface area contributed by atoms with Crippen molar-refractivity contribution in [2.75, 3.05) is 31.1 Å². The molecule has 1 aromatic carbocycles. The van der Waals surface area contributed by atoms with Crippen molar-refractivity contribution in [3.8, 4) is 0 Å². The first-order valence-corrected chi connectivity index (χ1v) is 7.82. The Kier molecular flexibility index (Phi) is 4.55. The van der Waals surface area contributed by atoms with Crippen molar-refractivity contribution in [3.63, 3.8) is 0 Å². The number of fused-ring (bicyclic) bond motifs is 1. The number of halogens is 1. The van der Waals surface area contributed by atoms with Gasteiger partial charge in [-0.25, -0.2) is 4.39 Å². The minimum Gasteiger partial charge on any atom is -0.367 e. The Morgan fingerprint density at radius 2 is 1.88 bits per heavy atom. The van der Waals surface area contributed by atoms with Crippen molar-refractivity contribution in [1.82, 2.24) is 9.88 Å². The van der Waals surface area contributed by atoms with Gasteiger partial charge < -0.3 is 9.80 Å². The summed E-state index contributed by atoms with van der Waals surface area (Å²) >= 11 is 0. The van der Waals surface area contributed by atoms with Crippen molar-refractivity contribution >= 4 is 28.3 Å². The third-order valence-corrected chi connectivity index (χ3v) is 4.09. The molecule has 1 aliphatic rings. The van der Waals surface area contributed by atoms with Gasteiger partial charge in [-0.1, -0.05) is 12.1 Å². The average molecular weight is 327 g/mol. The van der Waals surface area contributed by atoms with E-state index >= 15 is 0 Å². The van der Waals surface area contributed by atoms with Crippen LogP contribution in [0.5, 0.6) is 0 Å². The maximum Gasteiger partial charge on any atom is 0.246 e. The summed E-state index contributed by atoms with van der Waals surface area (Å²) in [6, 6.07) is 6.80. The van der Waals surface area contributed by atoms with Crippen molar-refractivity contribution in [3.05, 3.63) is 48.4 Å². The van der Waals surface area contributed by atoms with E-state index < -0.39 is 0 Å². The number of aromatic nitrogens is 1. The van der Waals surface area contributed by atoms with Gasteiger partial charge in [0.2, 0.25) is 5.91 Å². The molecule has 0 aliphatic carbocycles. The second kappa shape index (κ2) is 6.78. The standard InChI is InChI=1S/C18H18FN3O2/c1-13(23)5-6-17(24)22-11-9-21(10-12-22)16-7-8-20-18-14(16)3-2-4-15(18)19/h2-8H,9-12H2,1H3. The first-order chi connectivity index (χ1) is 11.6. The second-order valence-corrected chi connectivity index (χ2v) is 5.72. The molecule has 0 unspecified atom stereocenters. The van der Waals surface area contributed by atoms with Gasteiger partial charge in [0.1, 0.15) is 11.3 Å². The summed E-state index contributed by atoms with van der Waals surface area (Å²) in [6.45, 7) is 3.82. The lowest BCUT2D eigenvalue weighted by Gasteiger charge is -2.36. The van der Waals surface area contributed by atoms with Crippen LogP contribution in [0.4, 0.5) is 10.1 Å². The maximum atomic E-state index is 13.9. The number of benzene rings is 1. The molecular weight excluding hydrogens is 309 g/mol. The van der Waals surface area contributed by atoms with Crippen LogP contribution in [0, 0.1) is 5.82 Å². The van der Waals surface area contributed by atoms with Gasteiger partial charge in [0.25, 0.3) is 0 Å². The van der Waals surface area contributed by atoms with E-state index in [1.54, 1.807) is 17.2 Å². The molecule has 0 atom stereocenters. The first kappa shape index (κ1) is 16.1. The van der Waals surface area contributed by atoms with Crippen molar-refractivity contribution in [1.29, 1.82) is 0 Å². The number of pyridine rings is 1. The predicted octanol–water partition coefficient (Wildman–Crippen LogP) is 2.17. The molecule has 24 heavy (non-hydrogen) atoms. The fraction of sp³-hybridized carbons (Fsp3) is 0.278. The molecule has 0 saturated carbocycles. The van der Waals surface area contributed by atoms with Crippen LogP contribution in [0.3, 0.4) is 0 Å². The molecular formula is C18H18FN3O2. The van der Waals surface area contributed by atoms with Crippen LogP contribution in [0.25, 0.3) is 10.9 Å². The molecule has 3 rings (SSSR count). The number of rotatable bonds is 3. The zero-order valence-electron chi connectivity index (χ0n) is 13.4. The van der Waals surface area contributed by atoms with Crippen LogP contribution in [-0.4, -0.2) is 47.8 Å². The summed E-state index contributed by atoms with van der Waals surface area (Å²) in [5, 5.41) is 0.772. The molecule has 0 spiro atoms. The molecule has 1 aliphatic heterocycles. The van der Waals surface area contributed by atoms with Gasteiger partial charge in [0.05, 0.1) is 0 Å². The molecule has 0 radical (unpaired) electrons. The van der Waals surface area contributed by atoms with E-state index in [4.69, 9.17) is 0 Å². The van der Waals surface area contributed by atoms with Crippen LogP contribution < -0.4 is 4.90 Å². The Morgan fingerprint density at radius 3 is 2.58 bits per heavy atom. The van der Waals surface area contributed by atoms with E-state index in [2.05, 4.69) is 9.88 Å². The number of nitrogens with zero attached hydrogens (tertiary/aromatic N) is 3. The highest BCUT2D eigenvalue weighted by atomic mass is 19.1. The lowest BCUT2D eigenvalue weighted by molar-refractivity contribution is -0.126. The van der Waals surface area contributed by atoms with Crippen molar-refractivity contribution < 1.29 is 14.0 Å².